The van der Waals surface area contributed by atoms with Gasteiger partial charge in [0.1, 0.15) is 0 Å². The summed E-state index contributed by atoms with van der Waals surface area (Å²) in [6.45, 7) is 7.73. The van der Waals surface area contributed by atoms with Gasteiger partial charge in [-0.2, -0.15) is 0 Å². The third-order valence-electron chi connectivity index (χ3n) is 2.92. The van der Waals surface area contributed by atoms with Crippen LogP contribution in [-0.4, -0.2) is 12.5 Å². The molecule has 0 radical (unpaired) electrons. The van der Waals surface area contributed by atoms with Crippen LogP contribution in [0.25, 0.3) is 0 Å². The monoisotopic (exact) mass is 284 g/mol. The molecule has 0 bridgehead atoms. The number of carbonyl (C=O) groups is 1. The molecule has 0 fully saturated rings. The topological polar surface area (TPSA) is 55.1 Å². The minimum absolute atomic E-state index is 0. The van der Waals surface area contributed by atoms with E-state index in [2.05, 4.69) is 50.4 Å². The first-order valence-electron chi connectivity index (χ1n) is 6.49. The number of carbonyl (C=O) groups excluding carboxylic acids is 1. The van der Waals surface area contributed by atoms with E-state index >= 15 is 0 Å². The summed E-state index contributed by atoms with van der Waals surface area (Å²) < 4.78 is 0. The molecule has 0 heterocycles. The van der Waals surface area contributed by atoms with Crippen LogP contribution >= 0.6 is 12.4 Å². The molecule has 4 heteroatoms. The maximum absolute atomic E-state index is 11.4. The molecule has 0 aromatic heterocycles. The highest BCUT2D eigenvalue weighted by Gasteiger charge is 2.12. The van der Waals surface area contributed by atoms with Crippen molar-refractivity contribution in [2.75, 3.05) is 6.54 Å². The average Bonchev–Trinajstić information content (AvgIpc) is 2.33. The van der Waals surface area contributed by atoms with Crippen LogP contribution in [0.1, 0.15) is 44.7 Å². The Morgan fingerprint density at radius 3 is 2.26 bits per heavy atom. The lowest BCUT2D eigenvalue weighted by molar-refractivity contribution is -0.121. The summed E-state index contributed by atoms with van der Waals surface area (Å²) in [6, 6.07) is 8.40. The quantitative estimate of drug-likeness (QED) is 0.873. The van der Waals surface area contributed by atoms with E-state index in [4.69, 9.17) is 5.73 Å². The Hall–Kier alpha value is -1.06. The van der Waals surface area contributed by atoms with E-state index in [9.17, 15) is 4.79 Å². The van der Waals surface area contributed by atoms with E-state index in [0.29, 0.717) is 19.5 Å². The lowest BCUT2D eigenvalue weighted by Gasteiger charge is -2.19. The number of rotatable bonds is 5. The van der Waals surface area contributed by atoms with E-state index in [-0.39, 0.29) is 23.7 Å². The molecule has 19 heavy (non-hydrogen) atoms. The number of nitrogens with one attached hydrogen (secondary N) is 1. The molecule has 1 rings (SSSR count). The van der Waals surface area contributed by atoms with Crippen molar-refractivity contribution in [1.29, 1.82) is 0 Å². The molecule has 0 saturated heterocycles. The maximum Gasteiger partial charge on any atom is 0.220 e. The first-order chi connectivity index (χ1) is 8.43. The Kier molecular flexibility index (Phi) is 7.72. The minimum Gasteiger partial charge on any atom is -0.352 e. The average molecular weight is 285 g/mol. The molecule has 1 aromatic carbocycles. The SMILES string of the molecule is CC(C)(C)c1ccc(CNC(=O)CCCN)cc1.Cl. The van der Waals surface area contributed by atoms with Crippen LogP contribution in [0.15, 0.2) is 24.3 Å². The molecule has 3 nitrogen and oxygen atoms in total. The first-order valence-corrected chi connectivity index (χ1v) is 6.49. The van der Waals surface area contributed by atoms with E-state index in [0.717, 1.165) is 12.0 Å². The van der Waals surface area contributed by atoms with Crippen LogP contribution in [0.5, 0.6) is 0 Å². The van der Waals surface area contributed by atoms with Gasteiger partial charge in [0.2, 0.25) is 5.91 Å². The van der Waals surface area contributed by atoms with Gasteiger partial charge in [-0.25, -0.2) is 0 Å². The molecule has 108 valence electrons. The fraction of sp³-hybridized carbons (Fsp3) is 0.533. The first kappa shape index (κ1) is 17.9. The molecule has 1 amide bonds. The smallest absolute Gasteiger partial charge is 0.220 e. The lowest BCUT2D eigenvalue weighted by Crippen LogP contribution is -2.23. The molecule has 0 aliphatic rings. The second kappa shape index (κ2) is 8.18. The number of benzene rings is 1. The van der Waals surface area contributed by atoms with Crippen molar-refractivity contribution in [1.82, 2.24) is 5.32 Å². The lowest BCUT2D eigenvalue weighted by atomic mass is 9.87. The Bertz CT molecular complexity index is 382. The second-order valence-electron chi connectivity index (χ2n) is 5.62. The summed E-state index contributed by atoms with van der Waals surface area (Å²) in [5, 5.41) is 2.90. The van der Waals surface area contributed by atoms with Gasteiger partial charge in [-0.15, -0.1) is 12.4 Å². The van der Waals surface area contributed by atoms with Gasteiger partial charge < -0.3 is 11.1 Å². The Morgan fingerprint density at radius 1 is 1.21 bits per heavy atom. The van der Waals surface area contributed by atoms with Gasteiger partial charge in [0, 0.05) is 13.0 Å². The third-order valence-corrected chi connectivity index (χ3v) is 2.92. The molecule has 0 aliphatic carbocycles. The largest absolute Gasteiger partial charge is 0.352 e. The third kappa shape index (κ3) is 6.60. The fourth-order valence-corrected chi connectivity index (χ4v) is 1.67. The molecule has 0 saturated carbocycles. The van der Waals surface area contributed by atoms with Gasteiger partial charge in [-0.05, 0) is 29.5 Å². The molecular formula is C15H25ClN2O. The predicted octanol–water partition coefficient (Wildman–Crippen LogP) is 2.76. The normalized spacial score (nSPS) is 10.7. The Labute approximate surface area is 122 Å². The summed E-state index contributed by atoms with van der Waals surface area (Å²) in [6.07, 6.45) is 1.26. The van der Waals surface area contributed by atoms with Crippen LogP contribution in [0, 0.1) is 0 Å². The van der Waals surface area contributed by atoms with Gasteiger partial charge in [0.25, 0.3) is 0 Å². The van der Waals surface area contributed by atoms with Crippen molar-refractivity contribution >= 4 is 18.3 Å². The highest BCUT2D eigenvalue weighted by Crippen LogP contribution is 2.22. The fourth-order valence-electron chi connectivity index (χ4n) is 1.67. The van der Waals surface area contributed by atoms with Crippen LogP contribution < -0.4 is 11.1 Å². The maximum atomic E-state index is 11.4. The van der Waals surface area contributed by atoms with Gasteiger partial charge in [0.15, 0.2) is 0 Å². The van der Waals surface area contributed by atoms with Crippen molar-refractivity contribution in [2.45, 2.75) is 45.6 Å². The highest BCUT2D eigenvalue weighted by atomic mass is 35.5. The van der Waals surface area contributed by atoms with Crippen LogP contribution in [-0.2, 0) is 16.8 Å². The van der Waals surface area contributed by atoms with Crippen molar-refractivity contribution in [3.8, 4) is 0 Å². The zero-order chi connectivity index (χ0) is 13.6. The van der Waals surface area contributed by atoms with E-state index in [1.165, 1.54) is 5.56 Å². The van der Waals surface area contributed by atoms with E-state index < -0.39 is 0 Å². The van der Waals surface area contributed by atoms with Crippen molar-refractivity contribution in [3.05, 3.63) is 35.4 Å². The summed E-state index contributed by atoms with van der Waals surface area (Å²) in [5.41, 5.74) is 7.97. The number of halogens is 1. The minimum atomic E-state index is 0. The van der Waals surface area contributed by atoms with Crippen molar-refractivity contribution in [3.63, 3.8) is 0 Å². The highest BCUT2D eigenvalue weighted by molar-refractivity contribution is 5.85. The Balaban J connectivity index is 0.00000324. The Morgan fingerprint density at radius 2 is 1.79 bits per heavy atom. The molecule has 1 aromatic rings. The zero-order valence-corrected chi connectivity index (χ0v) is 12.8. The zero-order valence-electron chi connectivity index (χ0n) is 12.0. The molecule has 0 aliphatic heterocycles. The molecule has 0 unspecified atom stereocenters. The van der Waals surface area contributed by atoms with Crippen molar-refractivity contribution in [2.24, 2.45) is 5.73 Å². The summed E-state index contributed by atoms with van der Waals surface area (Å²) in [5.74, 6) is 0.0698. The number of amides is 1. The van der Waals surface area contributed by atoms with E-state index in [1.807, 2.05) is 0 Å². The number of hydrogen-bond donors (Lipinski definition) is 2. The standard InChI is InChI=1S/C15H24N2O.ClH/c1-15(2,3)13-8-6-12(7-9-13)11-17-14(18)5-4-10-16;/h6-9H,4-5,10-11,16H2,1-3H3,(H,17,18);1H. The molecular weight excluding hydrogens is 260 g/mol. The number of hydrogen-bond acceptors (Lipinski definition) is 2. The van der Waals surface area contributed by atoms with Crippen LogP contribution in [0.3, 0.4) is 0 Å². The van der Waals surface area contributed by atoms with Gasteiger partial charge in [-0.3, -0.25) is 4.79 Å². The second-order valence-corrected chi connectivity index (χ2v) is 5.62. The summed E-state index contributed by atoms with van der Waals surface area (Å²) in [4.78, 5) is 11.4. The van der Waals surface area contributed by atoms with E-state index in [1.54, 1.807) is 0 Å². The van der Waals surface area contributed by atoms with Gasteiger partial charge >= 0.3 is 0 Å². The summed E-state index contributed by atoms with van der Waals surface area (Å²) >= 11 is 0. The predicted molar refractivity (Wildman–Crippen MR) is 82.5 cm³/mol. The van der Waals surface area contributed by atoms with Crippen molar-refractivity contribution < 1.29 is 4.79 Å². The number of nitrogens with two attached hydrogens (primary N) is 1. The molecule has 0 atom stereocenters. The van der Waals surface area contributed by atoms with Gasteiger partial charge in [-0.1, -0.05) is 45.0 Å². The van der Waals surface area contributed by atoms with Gasteiger partial charge in [0.05, 0.1) is 0 Å². The molecule has 0 spiro atoms. The summed E-state index contributed by atoms with van der Waals surface area (Å²) in [7, 11) is 0. The van der Waals surface area contributed by atoms with Crippen LogP contribution in [0.4, 0.5) is 0 Å². The molecule has 3 N–H and O–H groups in total. The van der Waals surface area contributed by atoms with Crippen LogP contribution in [0.2, 0.25) is 0 Å².